The van der Waals surface area contributed by atoms with E-state index in [1.165, 1.54) is 24.3 Å². The van der Waals surface area contributed by atoms with Gasteiger partial charge >= 0.3 is 6.61 Å². The molecule has 0 N–H and O–H groups in total. The minimum absolute atomic E-state index is 0.0791. The molecule has 0 aromatic heterocycles. The second-order valence-electron chi connectivity index (χ2n) is 3.80. The van der Waals surface area contributed by atoms with Crippen molar-refractivity contribution >= 4 is 46.4 Å². The predicted octanol–water partition coefficient (Wildman–Crippen LogP) is 6.57. The van der Waals surface area contributed by atoms with Crippen molar-refractivity contribution in [2.24, 2.45) is 0 Å². The van der Waals surface area contributed by atoms with Crippen LogP contribution in [0.5, 0.6) is 5.75 Å². The van der Waals surface area contributed by atoms with Crippen molar-refractivity contribution in [3.05, 3.63) is 50.4 Å². The first-order valence-corrected chi connectivity index (χ1v) is 6.78. The third-order valence-electron chi connectivity index (χ3n) is 2.39. The Kier molecular flexibility index (Phi) is 4.97. The Morgan fingerprint density at radius 3 is 1.90 bits per heavy atom. The molecule has 0 unspecified atom stereocenters. The summed E-state index contributed by atoms with van der Waals surface area (Å²) >= 11 is 23.9. The van der Waals surface area contributed by atoms with Gasteiger partial charge in [-0.25, -0.2) is 0 Å². The Labute approximate surface area is 134 Å². The number of hydrogen-bond acceptors (Lipinski definition) is 1. The minimum Gasteiger partial charge on any atom is -0.435 e. The highest BCUT2D eigenvalue weighted by Gasteiger charge is 2.13. The molecule has 2 aromatic rings. The highest BCUT2D eigenvalue weighted by Crippen LogP contribution is 2.39. The highest BCUT2D eigenvalue weighted by molar-refractivity contribution is 6.42. The van der Waals surface area contributed by atoms with Gasteiger partial charge in [0.25, 0.3) is 0 Å². The molecule has 0 heterocycles. The Morgan fingerprint density at radius 1 is 0.800 bits per heavy atom. The fraction of sp³-hybridized carbons (Fsp3) is 0.0769. The van der Waals surface area contributed by atoms with Gasteiger partial charge in [-0.05, 0) is 35.9 Å². The zero-order valence-corrected chi connectivity index (χ0v) is 12.7. The molecule has 2 rings (SSSR count). The fourth-order valence-electron chi connectivity index (χ4n) is 1.70. The van der Waals surface area contributed by atoms with Gasteiger partial charge in [0, 0.05) is 15.6 Å². The van der Waals surface area contributed by atoms with E-state index in [-0.39, 0.29) is 20.8 Å². The first kappa shape index (κ1) is 15.6. The summed E-state index contributed by atoms with van der Waals surface area (Å²) < 4.78 is 28.9. The summed E-state index contributed by atoms with van der Waals surface area (Å²) in [5.74, 6) is -0.0791. The molecule has 0 saturated heterocycles. The molecule has 0 atom stereocenters. The molecule has 0 aliphatic carbocycles. The van der Waals surface area contributed by atoms with Crippen LogP contribution in [0.2, 0.25) is 20.1 Å². The van der Waals surface area contributed by atoms with E-state index in [9.17, 15) is 8.78 Å². The summed E-state index contributed by atoms with van der Waals surface area (Å²) in [4.78, 5) is 0. The van der Waals surface area contributed by atoms with Crippen LogP contribution in [-0.2, 0) is 0 Å². The number of rotatable bonds is 3. The summed E-state index contributed by atoms with van der Waals surface area (Å²) in [7, 11) is 0. The van der Waals surface area contributed by atoms with Crippen LogP contribution in [0.3, 0.4) is 0 Å². The number of hydrogen-bond donors (Lipinski definition) is 0. The van der Waals surface area contributed by atoms with Crippen molar-refractivity contribution in [2.75, 3.05) is 0 Å². The molecule has 0 aliphatic rings. The lowest BCUT2D eigenvalue weighted by Crippen LogP contribution is -2.01. The lowest BCUT2D eigenvalue weighted by atomic mass is 10.1. The van der Waals surface area contributed by atoms with Crippen LogP contribution in [0.4, 0.5) is 8.78 Å². The second-order valence-corrected chi connectivity index (χ2v) is 5.49. The summed E-state index contributed by atoms with van der Waals surface area (Å²) in [5, 5.41) is 1.16. The molecule has 0 saturated carbocycles. The normalized spacial score (nSPS) is 10.9. The van der Waals surface area contributed by atoms with Crippen LogP contribution in [0.25, 0.3) is 11.1 Å². The smallest absolute Gasteiger partial charge is 0.387 e. The van der Waals surface area contributed by atoms with Gasteiger partial charge in [-0.15, -0.1) is 0 Å². The Bertz CT molecular complexity index is 623. The molecular formula is C13H6Cl4F2O. The molecule has 1 nitrogen and oxygen atoms in total. The van der Waals surface area contributed by atoms with Crippen molar-refractivity contribution in [2.45, 2.75) is 6.61 Å². The van der Waals surface area contributed by atoms with Gasteiger partial charge in [0.05, 0.1) is 10.0 Å². The number of ether oxygens (including phenoxy) is 1. The molecular weight excluding hydrogens is 352 g/mol. The molecule has 106 valence electrons. The highest BCUT2D eigenvalue weighted by atomic mass is 35.5. The largest absolute Gasteiger partial charge is 0.435 e. The van der Waals surface area contributed by atoms with Crippen LogP contribution in [0, 0.1) is 0 Å². The van der Waals surface area contributed by atoms with E-state index in [0.717, 1.165) is 0 Å². The standard InChI is InChI=1S/C13H6Cl4F2O/c14-7-1-6(2-9(3-7)20-13(18)19)12-10(16)4-8(15)5-11(12)17/h1-5,13H. The first-order chi connectivity index (χ1) is 9.36. The average molecular weight is 358 g/mol. The quantitative estimate of drug-likeness (QED) is 0.603. The summed E-state index contributed by atoms with van der Waals surface area (Å²) in [6, 6.07) is 7.19. The zero-order chi connectivity index (χ0) is 14.9. The van der Waals surface area contributed by atoms with Crippen LogP contribution < -0.4 is 4.74 Å². The molecule has 20 heavy (non-hydrogen) atoms. The zero-order valence-electron chi connectivity index (χ0n) is 9.64. The molecule has 0 spiro atoms. The van der Waals surface area contributed by atoms with Gasteiger partial charge in [-0.1, -0.05) is 46.4 Å². The maximum atomic E-state index is 12.3. The molecule has 0 radical (unpaired) electrons. The molecule has 7 heteroatoms. The van der Waals surface area contributed by atoms with E-state index in [2.05, 4.69) is 4.74 Å². The SMILES string of the molecule is FC(F)Oc1cc(Cl)cc(-c2c(Cl)cc(Cl)cc2Cl)c1. The van der Waals surface area contributed by atoms with Crippen molar-refractivity contribution in [3.63, 3.8) is 0 Å². The maximum Gasteiger partial charge on any atom is 0.387 e. The van der Waals surface area contributed by atoms with Crippen molar-refractivity contribution in [1.29, 1.82) is 0 Å². The lowest BCUT2D eigenvalue weighted by molar-refractivity contribution is -0.0498. The summed E-state index contributed by atoms with van der Waals surface area (Å²) in [5.41, 5.74) is 0.902. The van der Waals surface area contributed by atoms with Crippen LogP contribution >= 0.6 is 46.4 Å². The first-order valence-electron chi connectivity index (χ1n) is 5.27. The lowest BCUT2D eigenvalue weighted by Gasteiger charge is -2.11. The molecule has 0 fully saturated rings. The van der Waals surface area contributed by atoms with Gasteiger partial charge in [-0.3, -0.25) is 0 Å². The number of halogens is 6. The summed E-state index contributed by atoms with van der Waals surface area (Å²) in [6.07, 6.45) is 0. The molecule has 2 aromatic carbocycles. The topological polar surface area (TPSA) is 9.23 Å². The van der Waals surface area contributed by atoms with Gasteiger partial charge in [0.2, 0.25) is 0 Å². The Hall–Kier alpha value is -0.740. The van der Waals surface area contributed by atoms with Crippen LogP contribution in [-0.4, -0.2) is 6.61 Å². The molecule has 0 bridgehead atoms. The van der Waals surface area contributed by atoms with E-state index in [1.807, 2.05) is 0 Å². The predicted molar refractivity (Wildman–Crippen MR) is 78.6 cm³/mol. The van der Waals surface area contributed by atoms with Crippen molar-refractivity contribution in [3.8, 4) is 16.9 Å². The average Bonchev–Trinajstić information content (AvgIpc) is 2.25. The fourth-order valence-corrected chi connectivity index (χ4v) is 2.96. The third-order valence-corrected chi connectivity index (χ3v) is 3.42. The minimum atomic E-state index is -2.95. The van der Waals surface area contributed by atoms with E-state index in [4.69, 9.17) is 46.4 Å². The molecule has 0 aliphatic heterocycles. The van der Waals surface area contributed by atoms with E-state index in [0.29, 0.717) is 16.1 Å². The third kappa shape index (κ3) is 3.67. The molecule has 0 amide bonds. The van der Waals surface area contributed by atoms with Gasteiger partial charge in [0.15, 0.2) is 0 Å². The summed E-state index contributed by atoms with van der Waals surface area (Å²) in [6.45, 7) is -2.95. The van der Waals surface area contributed by atoms with Crippen LogP contribution in [0.15, 0.2) is 30.3 Å². The monoisotopic (exact) mass is 356 g/mol. The Balaban J connectivity index is 2.55. The van der Waals surface area contributed by atoms with Gasteiger partial charge in [-0.2, -0.15) is 8.78 Å². The second kappa shape index (κ2) is 6.35. The van der Waals surface area contributed by atoms with Gasteiger partial charge in [0.1, 0.15) is 5.75 Å². The van der Waals surface area contributed by atoms with E-state index < -0.39 is 6.61 Å². The van der Waals surface area contributed by atoms with Crippen molar-refractivity contribution < 1.29 is 13.5 Å². The van der Waals surface area contributed by atoms with Gasteiger partial charge < -0.3 is 4.74 Å². The van der Waals surface area contributed by atoms with E-state index in [1.54, 1.807) is 6.07 Å². The van der Waals surface area contributed by atoms with Crippen molar-refractivity contribution in [1.82, 2.24) is 0 Å². The Morgan fingerprint density at radius 2 is 1.35 bits per heavy atom. The van der Waals surface area contributed by atoms with Crippen LogP contribution in [0.1, 0.15) is 0 Å². The maximum absolute atomic E-state index is 12.3. The number of alkyl halides is 2. The number of benzene rings is 2. The van der Waals surface area contributed by atoms with E-state index >= 15 is 0 Å².